The number of carbonyl (C=O) groups excluding carboxylic acids is 2. The Balaban J connectivity index is 3.00. The predicted octanol–water partition coefficient (Wildman–Crippen LogP) is 3.41. The van der Waals surface area contributed by atoms with E-state index >= 15 is 0 Å². The summed E-state index contributed by atoms with van der Waals surface area (Å²) in [5, 5.41) is 0. The summed E-state index contributed by atoms with van der Waals surface area (Å²) in [4.78, 5) is 23.3. The molecule has 1 aliphatic rings. The monoisotopic (exact) mass is 336 g/mol. The molecule has 1 fully saturated rings. The van der Waals surface area contributed by atoms with Gasteiger partial charge in [-0.1, -0.05) is 13.8 Å². The van der Waals surface area contributed by atoms with Crippen molar-refractivity contribution in [3.63, 3.8) is 0 Å². The molecule has 0 aliphatic heterocycles. The van der Waals surface area contributed by atoms with E-state index in [1.165, 1.54) is 13.8 Å². The van der Waals surface area contributed by atoms with Gasteiger partial charge >= 0.3 is 24.7 Å². The number of hydrogen-bond acceptors (Lipinski definition) is 4. The Bertz CT molecular complexity index is 429. The van der Waals surface area contributed by atoms with Gasteiger partial charge in [-0.2, -0.15) is 0 Å². The number of rotatable bonds is 2. The zero-order valence-corrected chi connectivity index (χ0v) is 12.1. The van der Waals surface area contributed by atoms with E-state index in [2.05, 4.69) is 9.47 Å². The molecule has 0 unspecified atom stereocenters. The van der Waals surface area contributed by atoms with Gasteiger partial charge in [0.2, 0.25) is 0 Å². The van der Waals surface area contributed by atoms with Crippen LogP contribution in [-0.2, 0) is 19.1 Å². The Morgan fingerprint density at radius 1 is 0.773 bits per heavy atom. The van der Waals surface area contributed by atoms with Gasteiger partial charge in [-0.25, -0.2) is 0 Å². The smallest absolute Gasteiger partial charge is 0.372 e. The maximum absolute atomic E-state index is 12.1. The molecule has 1 saturated carbocycles. The second-order valence-electron chi connectivity index (χ2n) is 5.68. The van der Waals surface area contributed by atoms with Gasteiger partial charge in [-0.15, -0.1) is 26.3 Å². The highest BCUT2D eigenvalue weighted by atomic mass is 19.4. The maximum atomic E-state index is 12.1. The molecule has 4 nitrogen and oxygen atoms in total. The lowest BCUT2D eigenvalue weighted by Crippen LogP contribution is -2.67. The lowest BCUT2D eigenvalue weighted by atomic mass is 9.41. The van der Waals surface area contributed by atoms with Crippen LogP contribution in [0.15, 0.2) is 0 Å². The van der Waals surface area contributed by atoms with Crippen molar-refractivity contribution in [1.82, 2.24) is 0 Å². The molecule has 0 atom stereocenters. The molecule has 0 aromatic heterocycles. The fourth-order valence-electron chi connectivity index (χ4n) is 3.04. The van der Waals surface area contributed by atoms with Crippen LogP contribution in [0.2, 0.25) is 0 Å². The van der Waals surface area contributed by atoms with Crippen molar-refractivity contribution in [2.24, 2.45) is 22.7 Å². The highest BCUT2D eigenvalue weighted by Crippen LogP contribution is 2.64. The predicted molar refractivity (Wildman–Crippen MR) is 58.8 cm³/mol. The SMILES string of the molecule is CC1C(C)(C(=O)OC(F)(F)F)C(C)C1(C)C(=O)OC(F)(F)F. The molecule has 0 aromatic carbocycles. The van der Waals surface area contributed by atoms with Gasteiger partial charge in [-0.3, -0.25) is 9.59 Å². The molecule has 1 rings (SSSR count). The Morgan fingerprint density at radius 3 is 1.18 bits per heavy atom. The van der Waals surface area contributed by atoms with Crippen LogP contribution in [0.1, 0.15) is 27.7 Å². The Kier molecular flexibility index (Phi) is 4.24. The molecule has 0 radical (unpaired) electrons. The highest BCUT2D eigenvalue weighted by molar-refractivity contribution is 5.87. The van der Waals surface area contributed by atoms with Crippen LogP contribution < -0.4 is 0 Å². The van der Waals surface area contributed by atoms with Gasteiger partial charge in [-0.05, 0) is 25.7 Å². The maximum Gasteiger partial charge on any atom is 0.575 e. The largest absolute Gasteiger partial charge is 0.575 e. The summed E-state index contributed by atoms with van der Waals surface area (Å²) in [5.74, 6) is -5.56. The van der Waals surface area contributed by atoms with E-state index in [1.54, 1.807) is 0 Å². The van der Waals surface area contributed by atoms with E-state index in [1.807, 2.05) is 0 Å². The van der Waals surface area contributed by atoms with Gasteiger partial charge in [0.05, 0.1) is 10.8 Å². The third kappa shape index (κ3) is 2.87. The van der Waals surface area contributed by atoms with Crippen molar-refractivity contribution in [1.29, 1.82) is 0 Å². The Labute approximate surface area is 121 Å². The molecular formula is C12H14F6O4. The number of ether oxygens (including phenoxy) is 2. The highest BCUT2D eigenvalue weighted by Gasteiger charge is 2.71. The minimum atomic E-state index is -5.21. The zero-order valence-electron chi connectivity index (χ0n) is 12.1. The molecule has 22 heavy (non-hydrogen) atoms. The van der Waals surface area contributed by atoms with Gasteiger partial charge in [0.25, 0.3) is 0 Å². The van der Waals surface area contributed by atoms with E-state index in [-0.39, 0.29) is 0 Å². The summed E-state index contributed by atoms with van der Waals surface area (Å²) in [5.41, 5.74) is -3.51. The van der Waals surface area contributed by atoms with Crippen molar-refractivity contribution >= 4 is 11.9 Å². The normalized spacial score (nSPS) is 35.5. The lowest BCUT2D eigenvalue weighted by molar-refractivity contribution is -0.329. The van der Waals surface area contributed by atoms with Crippen molar-refractivity contribution in [3.05, 3.63) is 0 Å². The van der Waals surface area contributed by atoms with Crippen LogP contribution in [0.25, 0.3) is 0 Å². The fraction of sp³-hybridized carbons (Fsp3) is 0.833. The first-order chi connectivity index (χ1) is 9.57. The van der Waals surface area contributed by atoms with E-state index < -0.39 is 47.3 Å². The van der Waals surface area contributed by atoms with E-state index in [0.717, 1.165) is 13.8 Å². The molecule has 10 heteroatoms. The van der Waals surface area contributed by atoms with Gasteiger partial charge in [0, 0.05) is 0 Å². The first-order valence-electron chi connectivity index (χ1n) is 6.17. The summed E-state index contributed by atoms with van der Waals surface area (Å²) in [6.45, 7) is 4.63. The average molecular weight is 336 g/mol. The Morgan fingerprint density at radius 2 is 1.00 bits per heavy atom. The minimum Gasteiger partial charge on any atom is -0.372 e. The van der Waals surface area contributed by atoms with Crippen molar-refractivity contribution in [2.75, 3.05) is 0 Å². The molecule has 0 aromatic rings. The van der Waals surface area contributed by atoms with Crippen LogP contribution >= 0.6 is 0 Å². The summed E-state index contributed by atoms with van der Waals surface area (Å²) >= 11 is 0. The molecule has 128 valence electrons. The topological polar surface area (TPSA) is 52.6 Å². The van der Waals surface area contributed by atoms with E-state index in [9.17, 15) is 35.9 Å². The Hall–Kier alpha value is -1.48. The molecule has 0 saturated heterocycles. The number of halogens is 6. The molecular weight excluding hydrogens is 322 g/mol. The summed E-state index contributed by atoms with van der Waals surface area (Å²) in [6, 6.07) is 0. The van der Waals surface area contributed by atoms with Crippen LogP contribution in [0, 0.1) is 22.7 Å². The third-order valence-electron chi connectivity index (χ3n) is 4.89. The molecule has 0 bridgehead atoms. The number of hydrogen-bond donors (Lipinski definition) is 0. The van der Waals surface area contributed by atoms with Crippen molar-refractivity contribution < 1.29 is 45.4 Å². The van der Waals surface area contributed by atoms with Crippen LogP contribution in [0.4, 0.5) is 26.3 Å². The fourth-order valence-corrected chi connectivity index (χ4v) is 3.04. The van der Waals surface area contributed by atoms with E-state index in [4.69, 9.17) is 0 Å². The van der Waals surface area contributed by atoms with E-state index in [0.29, 0.717) is 0 Å². The third-order valence-corrected chi connectivity index (χ3v) is 4.89. The van der Waals surface area contributed by atoms with Gasteiger partial charge in [0.1, 0.15) is 0 Å². The number of alkyl halides is 6. The summed E-state index contributed by atoms with van der Waals surface area (Å²) < 4.78 is 79.5. The van der Waals surface area contributed by atoms with Crippen LogP contribution in [-0.4, -0.2) is 24.7 Å². The quantitative estimate of drug-likeness (QED) is 0.573. The number of esters is 2. The average Bonchev–Trinajstić information content (AvgIpc) is 2.31. The lowest BCUT2D eigenvalue weighted by Gasteiger charge is -2.60. The minimum absolute atomic E-state index is 1.11. The standard InChI is InChI=1S/C12H14F6O4/c1-5-9(3,7(19)21-11(13,14)15)6(2)10(5,4)8(20)22-12(16,17)18/h5-6H,1-4H3. The molecule has 0 heterocycles. The summed E-state index contributed by atoms with van der Waals surface area (Å²) in [7, 11) is 0. The first kappa shape index (κ1) is 18.6. The van der Waals surface area contributed by atoms with Crippen LogP contribution in [0.5, 0.6) is 0 Å². The van der Waals surface area contributed by atoms with Gasteiger partial charge in [0.15, 0.2) is 0 Å². The number of carbonyl (C=O) groups is 2. The zero-order chi connectivity index (χ0) is 17.7. The van der Waals surface area contributed by atoms with Crippen molar-refractivity contribution in [2.45, 2.75) is 40.4 Å². The summed E-state index contributed by atoms with van der Waals surface area (Å²) in [6.07, 6.45) is -10.4. The van der Waals surface area contributed by atoms with Crippen LogP contribution in [0.3, 0.4) is 0 Å². The molecule has 0 spiro atoms. The first-order valence-corrected chi connectivity index (χ1v) is 6.17. The second-order valence-corrected chi connectivity index (χ2v) is 5.68. The van der Waals surface area contributed by atoms with Gasteiger partial charge < -0.3 is 9.47 Å². The molecule has 0 N–H and O–H groups in total. The van der Waals surface area contributed by atoms with Crippen molar-refractivity contribution in [3.8, 4) is 0 Å². The second kappa shape index (κ2) is 5.02. The molecule has 1 aliphatic carbocycles. The molecule has 0 amide bonds.